The van der Waals surface area contributed by atoms with E-state index in [1.807, 2.05) is 0 Å². The number of nitrogens with zero attached hydrogens (tertiary/aromatic N) is 2. The Balaban J connectivity index is 2.07. The fourth-order valence-electron chi connectivity index (χ4n) is 1.44. The first-order valence-corrected chi connectivity index (χ1v) is 6.20. The van der Waals surface area contributed by atoms with E-state index in [0.717, 1.165) is 29.6 Å². The van der Waals surface area contributed by atoms with E-state index in [9.17, 15) is 0 Å². The van der Waals surface area contributed by atoms with Crippen LogP contribution in [0.3, 0.4) is 0 Å². The minimum Gasteiger partial charge on any atom is -0.320 e. The third-order valence-corrected chi connectivity index (χ3v) is 3.16. The molecule has 0 fully saturated rings. The lowest BCUT2D eigenvalue weighted by molar-refractivity contribution is 0.573. The second kappa shape index (κ2) is 3.93. The number of amidine groups is 1. The molecule has 0 aliphatic carbocycles. The van der Waals surface area contributed by atoms with Gasteiger partial charge >= 0.3 is 0 Å². The first-order valence-electron chi connectivity index (χ1n) is 5.32. The Morgan fingerprint density at radius 1 is 1.40 bits per heavy atom. The van der Waals surface area contributed by atoms with Gasteiger partial charge in [-0.1, -0.05) is 20.8 Å². The maximum Gasteiger partial charge on any atom is 0.188 e. The lowest BCUT2D eigenvalue weighted by Gasteiger charge is -2.14. The summed E-state index contributed by atoms with van der Waals surface area (Å²) in [7, 11) is 0. The van der Waals surface area contributed by atoms with E-state index in [0.29, 0.717) is 0 Å². The number of hydrogen-bond donors (Lipinski definition) is 1. The van der Waals surface area contributed by atoms with Crippen molar-refractivity contribution in [2.45, 2.75) is 39.0 Å². The van der Waals surface area contributed by atoms with Crippen LogP contribution in [0.15, 0.2) is 10.4 Å². The Kier molecular flexibility index (Phi) is 2.78. The second-order valence-electron chi connectivity index (χ2n) is 4.84. The molecule has 0 unspecified atom stereocenters. The van der Waals surface area contributed by atoms with Crippen LogP contribution in [0, 0.1) is 0 Å². The molecular weight excluding hydrogens is 206 g/mol. The van der Waals surface area contributed by atoms with Gasteiger partial charge in [-0.25, -0.2) is 4.98 Å². The largest absolute Gasteiger partial charge is 0.320 e. The van der Waals surface area contributed by atoms with Gasteiger partial charge in [0.1, 0.15) is 5.84 Å². The molecule has 3 nitrogen and oxygen atoms in total. The Labute approximate surface area is 94.7 Å². The molecule has 2 heterocycles. The predicted octanol–water partition coefficient (Wildman–Crippen LogP) is 3.04. The normalized spacial score (nSPS) is 16.6. The number of anilines is 1. The van der Waals surface area contributed by atoms with Crippen LogP contribution in [-0.4, -0.2) is 17.4 Å². The zero-order chi connectivity index (χ0) is 10.9. The van der Waals surface area contributed by atoms with E-state index in [1.54, 1.807) is 11.3 Å². The number of hydrogen-bond acceptors (Lipinski definition) is 4. The molecule has 0 spiro atoms. The summed E-state index contributed by atoms with van der Waals surface area (Å²) in [5.41, 5.74) is 1.28. The van der Waals surface area contributed by atoms with E-state index >= 15 is 0 Å². The number of rotatable bonds is 1. The van der Waals surface area contributed by atoms with Crippen molar-refractivity contribution in [2.75, 3.05) is 11.9 Å². The minimum atomic E-state index is 0.133. The lowest BCUT2D eigenvalue weighted by Crippen LogP contribution is -2.13. The molecule has 1 N–H and O–H groups in total. The van der Waals surface area contributed by atoms with Crippen molar-refractivity contribution in [3.63, 3.8) is 0 Å². The van der Waals surface area contributed by atoms with Crippen LogP contribution in [0.5, 0.6) is 0 Å². The highest BCUT2D eigenvalue weighted by molar-refractivity contribution is 7.14. The van der Waals surface area contributed by atoms with Gasteiger partial charge in [-0.15, -0.1) is 11.3 Å². The molecular formula is C11H17N3S. The Bertz CT molecular complexity index is 373. The second-order valence-corrected chi connectivity index (χ2v) is 5.70. The number of nitrogens with one attached hydrogen (secondary N) is 1. The Morgan fingerprint density at radius 3 is 2.73 bits per heavy atom. The van der Waals surface area contributed by atoms with Crippen LogP contribution in [0.1, 0.15) is 39.3 Å². The average molecular weight is 223 g/mol. The van der Waals surface area contributed by atoms with Gasteiger partial charge < -0.3 is 5.32 Å². The summed E-state index contributed by atoms with van der Waals surface area (Å²) in [6, 6.07) is 0. The average Bonchev–Trinajstić information content (AvgIpc) is 2.73. The molecule has 4 heteroatoms. The smallest absolute Gasteiger partial charge is 0.188 e. The molecule has 15 heavy (non-hydrogen) atoms. The van der Waals surface area contributed by atoms with Crippen LogP contribution >= 0.6 is 11.3 Å². The van der Waals surface area contributed by atoms with E-state index in [1.165, 1.54) is 6.42 Å². The van der Waals surface area contributed by atoms with Crippen molar-refractivity contribution in [1.29, 1.82) is 0 Å². The summed E-state index contributed by atoms with van der Waals surface area (Å²) >= 11 is 1.66. The quantitative estimate of drug-likeness (QED) is 0.794. The third-order valence-electron chi connectivity index (χ3n) is 2.40. The zero-order valence-corrected chi connectivity index (χ0v) is 10.3. The summed E-state index contributed by atoms with van der Waals surface area (Å²) in [5, 5.41) is 6.39. The topological polar surface area (TPSA) is 37.3 Å². The van der Waals surface area contributed by atoms with E-state index < -0.39 is 0 Å². The van der Waals surface area contributed by atoms with Gasteiger partial charge in [0, 0.05) is 23.8 Å². The van der Waals surface area contributed by atoms with Gasteiger partial charge in [-0.3, -0.25) is 4.99 Å². The summed E-state index contributed by atoms with van der Waals surface area (Å²) < 4.78 is 0. The third kappa shape index (κ3) is 2.56. The molecule has 2 rings (SSSR count). The maximum absolute atomic E-state index is 4.57. The fraction of sp³-hybridized carbons (Fsp3) is 0.636. The van der Waals surface area contributed by atoms with Gasteiger partial charge in [0.25, 0.3) is 0 Å². The fourth-order valence-corrected chi connectivity index (χ4v) is 2.40. The van der Waals surface area contributed by atoms with Crippen molar-refractivity contribution in [3.05, 3.63) is 11.1 Å². The summed E-state index contributed by atoms with van der Waals surface area (Å²) in [5.74, 6) is 1.09. The van der Waals surface area contributed by atoms with Crippen molar-refractivity contribution in [3.8, 4) is 0 Å². The van der Waals surface area contributed by atoms with Crippen molar-refractivity contribution in [1.82, 2.24) is 4.98 Å². The molecule has 1 aromatic heterocycles. The molecule has 0 atom stereocenters. The molecule has 0 saturated carbocycles. The minimum absolute atomic E-state index is 0.133. The number of thiazole rings is 1. The maximum atomic E-state index is 4.57. The van der Waals surface area contributed by atoms with E-state index in [2.05, 4.69) is 41.4 Å². The number of aliphatic imine (C=N–C) groups is 1. The van der Waals surface area contributed by atoms with E-state index in [4.69, 9.17) is 0 Å². The molecule has 0 aromatic carbocycles. The standard InChI is InChI=1S/C11H17N3S/c1-11(2,3)8-7-15-10(13-8)14-9-5-4-6-12-9/h7H,4-6H2,1-3H3,(H,12,13,14). The van der Waals surface area contributed by atoms with Crippen LogP contribution < -0.4 is 5.32 Å². The molecule has 82 valence electrons. The lowest BCUT2D eigenvalue weighted by atomic mass is 9.93. The first-order chi connectivity index (χ1) is 7.05. The molecule has 0 bridgehead atoms. The van der Waals surface area contributed by atoms with Crippen LogP contribution in [0.2, 0.25) is 0 Å². The Morgan fingerprint density at radius 2 is 2.20 bits per heavy atom. The van der Waals surface area contributed by atoms with Gasteiger partial charge in [0.2, 0.25) is 0 Å². The van der Waals surface area contributed by atoms with Crippen molar-refractivity contribution in [2.24, 2.45) is 4.99 Å². The molecule has 0 amide bonds. The molecule has 0 radical (unpaired) electrons. The van der Waals surface area contributed by atoms with Crippen LogP contribution in [0.4, 0.5) is 5.13 Å². The number of aromatic nitrogens is 1. The highest BCUT2D eigenvalue weighted by Crippen LogP contribution is 2.26. The predicted molar refractivity (Wildman–Crippen MR) is 66.0 cm³/mol. The first kappa shape index (κ1) is 10.6. The van der Waals surface area contributed by atoms with Crippen molar-refractivity contribution >= 4 is 22.3 Å². The van der Waals surface area contributed by atoms with Crippen LogP contribution in [0.25, 0.3) is 0 Å². The van der Waals surface area contributed by atoms with Crippen LogP contribution in [-0.2, 0) is 5.41 Å². The van der Waals surface area contributed by atoms with Crippen molar-refractivity contribution < 1.29 is 0 Å². The SMILES string of the molecule is CC(C)(C)c1csc(NC2=NCCC2)n1. The molecule has 0 saturated heterocycles. The monoisotopic (exact) mass is 223 g/mol. The molecule has 1 aliphatic rings. The van der Waals surface area contributed by atoms with Gasteiger partial charge in [-0.2, -0.15) is 0 Å². The van der Waals surface area contributed by atoms with Gasteiger partial charge in [0.05, 0.1) is 5.69 Å². The summed E-state index contributed by atoms with van der Waals surface area (Å²) in [6.07, 6.45) is 2.23. The highest BCUT2D eigenvalue weighted by Gasteiger charge is 2.18. The van der Waals surface area contributed by atoms with Gasteiger partial charge in [-0.05, 0) is 6.42 Å². The zero-order valence-electron chi connectivity index (χ0n) is 9.50. The van der Waals surface area contributed by atoms with Gasteiger partial charge in [0.15, 0.2) is 5.13 Å². The highest BCUT2D eigenvalue weighted by atomic mass is 32.1. The summed E-state index contributed by atoms with van der Waals surface area (Å²) in [6.45, 7) is 7.50. The summed E-state index contributed by atoms with van der Waals surface area (Å²) in [4.78, 5) is 8.95. The van der Waals surface area contributed by atoms with E-state index in [-0.39, 0.29) is 5.41 Å². The molecule has 1 aromatic rings. The Hall–Kier alpha value is -0.900. The molecule has 1 aliphatic heterocycles.